The molecule has 3 unspecified atom stereocenters. The monoisotopic (exact) mass is 276 g/mol. The second-order valence-corrected chi connectivity index (χ2v) is 7.87. The lowest BCUT2D eigenvalue weighted by atomic mass is 9.65. The molecule has 0 bridgehead atoms. The summed E-state index contributed by atoms with van der Waals surface area (Å²) in [5, 5.41) is 9.51. The number of hydrogen-bond acceptors (Lipinski definition) is 2. The Balaban J connectivity index is 2.05. The predicted molar refractivity (Wildman–Crippen MR) is 84.3 cm³/mol. The van der Waals surface area contributed by atoms with Crippen LogP contribution in [0.1, 0.15) is 66.2 Å². The Morgan fingerprint density at radius 2 is 1.80 bits per heavy atom. The number of nitriles is 1. The van der Waals surface area contributed by atoms with Crippen LogP contribution < -0.4 is 0 Å². The van der Waals surface area contributed by atoms with Gasteiger partial charge in [-0.3, -0.25) is 4.90 Å². The van der Waals surface area contributed by atoms with E-state index in [1.54, 1.807) is 0 Å². The fraction of sp³-hybridized carbons (Fsp3) is 0.944. The van der Waals surface area contributed by atoms with Crippen LogP contribution >= 0.6 is 0 Å². The molecule has 114 valence electrons. The molecule has 1 aliphatic heterocycles. The quantitative estimate of drug-likeness (QED) is 0.761. The number of nitrogens with zero attached hydrogens (tertiary/aromatic N) is 2. The third-order valence-corrected chi connectivity index (χ3v) is 6.29. The van der Waals surface area contributed by atoms with Gasteiger partial charge in [-0.05, 0) is 62.4 Å². The largest absolute Gasteiger partial charge is 0.299 e. The second kappa shape index (κ2) is 6.48. The summed E-state index contributed by atoms with van der Waals surface area (Å²) in [6.45, 7) is 11.9. The molecule has 2 heteroatoms. The summed E-state index contributed by atoms with van der Waals surface area (Å²) in [5.74, 6) is 1.94. The lowest BCUT2D eigenvalue weighted by Gasteiger charge is -2.46. The average Bonchev–Trinajstić information content (AvgIpc) is 2.47. The molecule has 3 atom stereocenters. The van der Waals surface area contributed by atoms with Crippen LogP contribution in [0.2, 0.25) is 0 Å². The Morgan fingerprint density at radius 1 is 1.15 bits per heavy atom. The van der Waals surface area contributed by atoms with E-state index in [0.29, 0.717) is 11.5 Å². The van der Waals surface area contributed by atoms with E-state index in [9.17, 15) is 5.26 Å². The van der Waals surface area contributed by atoms with E-state index in [1.165, 1.54) is 45.2 Å². The maximum Gasteiger partial charge on any atom is 0.0672 e. The fourth-order valence-electron chi connectivity index (χ4n) is 4.06. The molecule has 1 saturated carbocycles. The van der Waals surface area contributed by atoms with Crippen molar-refractivity contribution in [1.82, 2.24) is 4.90 Å². The van der Waals surface area contributed by atoms with E-state index in [1.807, 2.05) is 0 Å². The summed E-state index contributed by atoms with van der Waals surface area (Å²) in [6, 6.07) is 3.14. The Labute approximate surface area is 125 Å². The van der Waals surface area contributed by atoms with Crippen molar-refractivity contribution in [2.24, 2.45) is 23.2 Å². The summed E-state index contributed by atoms with van der Waals surface area (Å²) in [6.07, 6.45) is 7.49. The second-order valence-electron chi connectivity index (χ2n) is 7.87. The molecule has 1 heterocycles. The number of piperidine rings is 1. The first kappa shape index (κ1) is 15.8. The predicted octanol–water partition coefficient (Wildman–Crippen LogP) is 4.46. The van der Waals surface area contributed by atoms with Crippen molar-refractivity contribution in [3.63, 3.8) is 0 Å². The van der Waals surface area contributed by atoms with E-state index in [0.717, 1.165) is 18.3 Å². The molecule has 0 amide bonds. The van der Waals surface area contributed by atoms with Gasteiger partial charge in [-0.2, -0.15) is 5.26 Å². The number of likely N-dealkylation sites (tertiary alicyclic amines) is 1. The smallest absolute Gasteiger partial charge is 0.0672 e. The normalized spacial score (nSPS) is 33.9. The van der Waals surface area contributed by atoms with Gasteiger partial charge in [-0.15, -0.1) is 0 Å². The highest BCUT2D eigenvalue weighted by molar-refractivity contribution is 5.00. The van der Waals surface area contributed by atoms with E-state index >= 15 is 0 Å². The van der Waals surface area contributed by atoms with E-state index in [4.69, 9.17) is 0 Å². The van der Waals surface area contributed by atoms with Gasteiger partial charge in [-0.1, -0.05) is 34.1 Å². The lowest BCUT2D eigenvalue weighted by molar-refractivity contribution is 0.0345. The zero-order valence-corrected chi connectivity index (χ0v) is 13.9. The maximum atomic E-state index is 9.51. The Hall–Kier alpha value is -0.550. The molecule has 20 heavy (non-hydrogen) atoms. The standard InChI is InChI=1S/C18H32N2/c1-5-18(3,4)16-7-6-15(13-19)17(12-16)20-10-8-14(2)9-11-20/h14-17H,5-12H2,1-4H3. The van der Waals surface area contributed by atoms with Gasteiger partial charge in [0.05, 0.1) is 12.0 Å². The maximum absolute atomic E-state index is 9.51. The number of rotatable bonds is 3. The highest BCUT2D eigenvalue weighted by Crippen LogP contribution is 2.44. The number of hydrogen-bond donors (Lipinski definition) is 0. The molecule has 2 nitrogen and oxygen atoms in total. The van der Waals surface area contributed by atoms with Crippen molar-refractivity contribution in [2.75, 3.05) is 13.1 Å². The van der Waals surface area contributed by atoms with Crippen LogP contribution in [-0.4, -0.2) is 24.0 Å². The van der Waals surface area contributed by atoms with E-state index in [2.05, 4.69) is 38.7 Å². The third-order valence-electron chi connectivity index (χ3n) is 6.29. The van der Waals surface area contributed by atoms with Crippen LogP contribution in [-0.2, 0) is 0 Å². The Kier molecular flexibility index (Phi) is 5.13. The minimum atomic E-state index is 0.271. The Bertz CT molecular complexity index is 347. The van der Waals surface area contributed by atoms with E-state index in [-0.39, 0.29) is 5.92 Å². The van der Waals surface area contributed by atoms with Crippen LogP contribution in [0.15, 0.2) is 0 Å². The molecule has 0 spiro atoms. The van der Waals surface area contributed by atoms with Crippen molar-refractivity contribution in [3.8, 4) is 6.07 Å². The molecule has 2 aliphatic rings. The van der Waals surface area contributed by atoms with Crippen LogP contribution in [0.3, 0.4) is 0 Å². The molecule has 1 saturated heterocycles. The summed E-state index contributed by atoms with van der Waals surface area (Å²) < 4.78 is 0. The Morgan fingerprint density at radius 3 is 2.35 bits per heavy atom. The fourth-order valence-corrected chi connectivity index (χ4v) is 4.06. The van der Waals surface area contributed by atoms with Crippen molar-refractivity contribution >= 4 is 0 Å². The van der Waals surface area contributed by atoms with Crippen molar-refractivity contribution in [2.45, 2.75) is 72.3 Å². The third kappa shape index (κ3) is 3.37. The molecule has 0 N–H and O–H groups in total. The van der Waals surface area contributed by atoms with Crippen molar-refractivity contribution in [3.05, 3.63) is 0 Å². The summed E-state index contributed by atoms with van der Waals surface area (Å²) in [5.41, 5.74) is 0.432. The lowest BCUT2D eigenvalue weighted by Crippen LogP contribution is -2.49. The van der Waals surface area contributed by atoms with Crippen LogP contribution in [0, 0.1) is 34.5 Å². The summed E-state index contributed by atoms with van der Waals surface area (Å²) >= 11 is 0. The van der Waals surface area contributed by atoms with Gasteiger partial charge in [-0.25, -0.2) is 0 Å². The molecule has 0 aromatic rings. The van der Waals surface area contributed by atoms with Gasteiger partial charge >= 0.3 is 0 Å². The minimum absolute atomic E-state index is 0.271. The zero-order chi connectivity index (χ0) is 14.8. The molecule has 0 aromatic heterocycles. The van der Waals surface area contributed by atoms with Gasteiger partial charge in [0.25, 0.3) is 0 Å². The molecule has 0 aromatic carbocycles. The molecular weight excluding hydrogens is 244 g/mol. The molecule has 2 rings (SSSR count). The van der Waals surface area contributed by atoms with Crippen molar-refractivity contribution < 1.29 is 0 Å². The summed E-state index contributed by atoms with van der Waals surface area (Å²) in [7, 11) is 0. The van der Waals surface area contributed by atoms with E-state index < -0.39 is 0 Å². The van der Waals surface area contributed by atoms with Gasteiger partial charge in [0.2, 0.25) is 0 Å². The van der Waals surface area contributed by atoms with Crippen LogP contribution in [0.5, 0.6) is 0 Å². The van der Waals surface area contributed by atoms with Gasteiger partial charge in [0.1, 0.15) is 0 Å². The topological polar surface area (TPSA) is 27.0 Å². The molecule has 1 aliphatic carbocycles. The first-order chi connectivity index (χ1) is 9.47. The van der Waals surface area contributed by atoms with Gasteiger partial charge in [0.15, 0.2) is 0 Å². The highest BCUT2D eigenvalue weighted by atomic mass is 15.2. The van der Waals surface area contributed by atoms with Gasteiger partial charge in [0, 0.05) is 6.04 Å². The van der Waals surface area contributed by atoms with Crippen molar-refractivity contribution in [1.29, 1.82) is 5.26 Å². The average molecular weight is 276 g/mol. The summed E-state index contributed by atoms with van der Waals surface area (Å²) in [4.78, 5) is 2.64. The zero-order valence-electron chi connectivity index (χ0n) is 13.9. The van der Waals surface area contributed by atoms with Crippen LogP contribution in [0.4, 0.5) is 0 Å². The van der Waals surface area contributed by atoms with Gasteiger partial charge < -0.3 is 0 Å². The highest BCUT2D eigenvalue weighted by Gasteiger charge is 2.40. The minimum Gasteiger partial charge on any atom is -0.299 e. The molecular formula is C18H32N2. The molecule has 0 radical (unpaired) electrons. The van der Waals surface area contributed by atoms with Crippen LogP contribution in [0.25, 0.3) is 0 Å². The first-order valence-electron chi connectivity index (χ1n) is 8.61. The SMILES string of the molecule is CCC(C)(C)C1CCC(C#N)C(N2CCC(C)CC2)C1. The first-order valence-corrected chi connectivity index (χ1v) is 8.61. The molecule has 2 fully saturated rings.